The molecule has 0 aliphatic rings. The van der Waals surface area contributed by atoms with Crippen LogP contribution in [0.15, 0.2) is 11.1 Å². The Hall–Kier alpha value is -0.920. The number of hydrogen-bond acceptors (Lipinski definition) is 4. The molecule has 4 N–H and O–H groups in total. The Morgan fingerprint density at radius 3 is 2.56 bits per heavy atom. The van der Waals surface area contributed by atoms with E-state index in [1.54, 1.807) is 6.92 Å². The first-order chi connectivity index (χ1) is 8.12. The van der Waals surface area contributed by atoms with Gasteiger partial charge < -0.3 is 5.73 Å². The molecule has 0 amide bonds. The van der Waals surface area contributed by atoms with Gasteiger partial charge in [0.25, 0.3) is 0 Å². The van der Waals surface area contributed by atoms with Crippen LogP contribution in [0.2, 0.25) is 0 Å². The van der Waals surface area contributed by atoms with E-state index in [1.165, 1.54) is 6.20 Å². The predicted molar refractivity (Wildman–Crippen MR) is 70.6 cm³/mol. The summed E-state index contributed by atoms with van der Waals surface area (Å²) in [5.41, 5.74) is 6.51. The molecular weight excluding hydrogens is 252 g/mol. The summed E-state index contributed by atoms with van der Waals surface area (Å²) in [6.45, 7) is 8.10. The third kappa shape index (κ3) is 4.40. The zero-order valence-electron chi connectivity index (χ0n) is 11.3. The molecule has 0 aliphatic heterocycles. The fourth-order valence-electron chi connectivity index (χ4n) is 1.76. The Kier molecular flexibility index (Phi) is 4.52. The second kappa shape index (κ2) is 5.38. The van der Waals surface area contributed by atoms with Gasteiger partial charge in [0.05, 0.1) is 11.9 Å². The molecule has 6 nitrogen and oxygen atoms in total. The molecule has 0 saturated carbocycles. The predicted octanol–water partition coefficient (Wildman–Crippen LogP) is 0.760. The average molecular weight is 274 g/mol. The van der Waals surface area contributed by atoms with Gasteiger partial charge in [0.1, 0.15) is 4.90 Å². The first-order valence-corrected chi connectivity index (χ1v) is 7.35. The molecule has 1 aromatic heterocycles. The third-order valence-electron chi connectivity index (χ3n) is 2.48. The van der Waals surface area contributed by atoms with Crippen molar-refractivity contribution in [3.05, 3.63) is 11.9 Å². The van der Waals surface area contributed by atoms with Crippen LogP contribution in [0.1, 0.15) is 32.9 Å². The quantitative estimate of drug-likeness (QED) is 0.738. The van der Waals surface area contributed by atoms with Crippen molar-refractivity contribution in [2.75, 3.05) is 6.54 Å². The van der Waals surface area contributed by atoms with Crippen LogP contribution in [0, 0.1) is 12.3 Å². The Balaban J connectivity index is 2.61. The topological polar surface area (TPSA) is 101 Å². The van der Waals surface area contributed by atoms with Crippen molar-refractivity contribution in [2.45, 2.75) is 45.1 Å². The highest BCUT2D eigenvalue weighted by Crippen LogP contribution is 2.19. The second-order valence-corrected chi connectivity index (χ2v) is 7.47. The molecule has 0 saturated heterocycles. The molecule has 0 fully saturated rings. The van der Waals surface area contributed by atoms with Gasteiger partial charge in [0.2, 0.25) is 10.0 Å². The van der Waals surface area contributed by atoms with E-state index in [4.69, 9.17) is 5.73 Å². The molecule has 0 bridgehead atoms. The lowest BCUT2D eigenvalue weighted by molar-refractivity contribution is 0.338. The lowest BCUT2D eigenvalue weighted by Crippen LogP contribution is -2.39. The number of rotatable bonds is 5. The number of nitrogens with one attached hydrogen (secondary N) is 2. The molecule has 1 rings (SSSR count). The van der Waals surface area contributed by atoms with Gasteiger partial charge in [-0.2, -0.15) is 5.10 Å². The van der Waals surface area contributed by atoms with E-state index in [9.17, 15) is 8.42 Å². The summed E-state index contributed by atoms with van der Waals surface area (Å²) in [4.78, 5) is 0.172. The highest BCUT2D eigenvalue weighted by Gasteiger charge is 2.21. The fourth-order valence-corrected chi connectivity index (χ4v) is 2.99. The lowest BCUT2D eigenvalue weighted by atomic mass is 9.88. The van der Waals surface area contributed by atoms with E-state index < -0.39 is 10.0 Å². The normalized spacial score (nSPS) is 14.7. The summed E-state index contributed by atoms with van der Waals surface area (Å²) in [6.07, 6.45) is 2.05. The smallest absolute Gasteiger partial charge is 0.244 e. The number of aryl methyl sites for hydroxylation is 1. The molecule has 0 radical (unpaired) electrons. The van der Waals surface area contributed by atoms with Crippen molar-refractivity contribution in [2.24, 2.45) is 11.1 Å². The van der Waals surface area contributed by atoms with E-state index in [0.29, 0.717) is 5.69 Å². The number of sulfonamides is 1. The Morgan fingerprint density at radius 1 is 1.50 bits per heavy atom. The third-order valence-corrected chi connectivity index (χ3v) is 4.02. The van der Waals surface area contributed by atoms with Crippen molar-refractivity contribution in [3.8, 4) is 0 Å². The summed E-state index contributed by atoms with van der Waals surface area (Å²) in [5, 5.41) is 6.30. The van der Waals surface area contributed by atoms with E-state index in [2.05, 4.69) is 35.7 Å². The van der Waals surface area contributed by atoms with Crippen LogP contribution >= 0.6 is 0 Å². The fraction of sp³-hybridized carbons (Fsp3) is 0.727. The largest absolute Gasteiger partial charge is 0.326 e. The van der Waals surface area contributed by atoms with Gasteiger partial charge in [0, 0.05) is 12.6 Å². The number of aromatic nitrogens is 2. The molecule has 0 spiro atoms. The zero-order chi connectivity index (χ0) is 14.0. The monoisotopic (exact) mass is 274 g/mol. The summed E-state index contributed by atoms with van der Waals surface area (Å²) < 4.78 is 26.4. The van der Waals surface area contributed by atoms with Crippen LogP contribution in [-0.4, -0.2) is 31.2 Å². The number of H-pyrrole nitrogens is 1. The first kappa shape index (κ1) is 15.1. The maximum Gasteiger partial charge on any atom is 0.244 e. The van der Waals surface area contributed by atoms with Crippen LogP contribution in [0.3, 0.4) is 0 Å². The highest BCUT2D eigenvalue weighted by molar-refractivity contribution is 7.89. The van der Waals surface area contributed by atoms with E-state index >= 15 is 0 Å². The lowest BCUT2D eigenvalue weighted by Gasteiger charge is -2.23. The molecule has 1 heterocycles. The van der Waals surface area contributed by atoms with Crippen molar-refractivity contribution < 1.29 is 8.42 Å². The van der Waals surface area contributed by atoms with Crippen LogP contribution in [0.5, 0.6) is 0 Å². The van der Waals surface area contributed by atoms with Crippen molar-refractivity contribution in [1.29, 1.82) is 0 Å². The Labute approximate surface area is 108 Å². The summed E-state index contributed by atoms with van der Waals surface area (Å²) in [6, 6.07) is -0.202. The van der Waals surface area contributed by atoms with Crippen molar-refractivity contribution >= 4 is 10.0 Å². The van der Waals surface area contributed by atoms with Crippen molar-refractivity contribution in [1.82, 2.24) is 14.9 Å². The Bertz CT molecular complexity index is 487. The summed E-state index contributed by atoms with van der Waals surface area (Å²) in [5.74, 6) is 0. The minimum absolute atomic E-state index is 0.0798. The number of nitrogens with zero attached hydrogens (tertiary/aromatic N) is 1. The number of aromatic amines is 1. The molecule has 7 heteroatoms. The van der Waals surface area contributed by atoms with E-state index in [1.807, 2.05) is 0 Å². The van der Waals surface area contributed by atoms with Crippen LogP contribution in [0.25, 0.3) is 0 Å². The van der Waals surface area contributed by atoms with Gasteiger partial charge in [-0.25, -0.2) is 13.1 Å². The highest BCUT2D eigenvalue weighted by atomic mass is 32.2. The minimum atomic E-state index is -3.52. The standard InChI is InChI=1S/C11H22N4O2S/c1-8-10(7-13-15-8)18(16,17)14-6-9(12)5-11(2,3)4/h7,9,14H,5-6,12H2,1-4H3,(H,13,15). The number of hydrogen-bond donors (Lipinski definition) is 3. The Morgan fingerprint density at radius 2 is 2.11 bits per heavy atom. The average Bonchev–Trinajstić information content (AvgIpc) is 2.60. The molecule has 18 heavy (non-hydrogen) atoms. The minimum Gasteiger partial charge on any atom is -0.326 e. The molecule has 1 aromatic rings. The molecule has 0 aromatic carbocycles. The summed E-state index contributed by atoms with van der Waals surface area (Å²) in [7, 11) is -3.52. The van der Waals surface area contributed by atoms with E-state index in [0.717, 1.165) is 6.42 Å². The SMILES string of the molecule is Cc1[nH]ncc1S(=O)(=O)NCC(N)CC(C)(C)C. The molecule has 1 unspecified atom stereocenters. The molecule has 104 valence electrons. The van der Waals surface area contributed by atoms with Gasteiger partial charge in [-0.1, -0.05) is 20.8 Å². The number of nitrogens with two attached hydrogens (primary N) is 1. The zero-order valence-corrected chi connectivity index (χ0v) is 12.1. The second-order valence-electron chi connectivity index (χ2n) is 5.74. The summed E-state index contributed by atoms with van der Waals surface area (Å²) >= 11 is 0. The van der Waals surface area contributed by atoms with Crippen LogP contribution < -0.4 is 10.5 Å². The van der Waals surface area contributed by atoms with Crippen molar-refractivity contribution in [3.63, 3.8) is 0 Å². The molecular formula is C11H22N4O2S. The van der Waals surface area contributed by atoms with Gasteiger partial charge in [-0.15, -0.1) is 0 Å². The van der Waals surface area contributed by atoms with Gasteiger partial charge in [-0.3, -0.25) is 5.10 Å². The van der Waals surface area contributed by atoms with Crippen LogP contribution in [0.4, 0.5) is 0 Å². The maximum absolute atomic E-state index is 12.0. The first-order valence-electron chi connectivity index (χ1n) is 5.87. The molecule has 0 aliphatic carbocycles. The maximum atomic E-state index is 12.0. The molecule has 1 atom stereocenters. The van der Waals surface area contributed by atoms with Crippen LogP contribution in [-0.2, 0) is 10.0 Å². The van der Waals surface area contributed by atoms with Gasteiger partial charge in [0.15, 0.2) is 0 Å². The van der Waals surface area contributed by atoms with Gasteiger partial charge in [-0.05, 0) is 18.8 Å². The van der Waals surface area contributed by atoms with E-state index in [-0.39, 0.29) is 22.9 Å². The van der Waals surface area contributed by atoms with Gasteiger partial charge >= 0.3 is 0 Å².